The molecule has 1 aromatic carbocycles. The molecule has 1 aromatic heterocycles. The highest BCUT2D eigenvalue weighted by molar-refractivity contribution is 7.07. The van der Waals surface area contributed by atoms with Crippen molar-refractivity contribution in [2.24, 2.45) is 5.92 Å². The fourth-order valence-corrected chi connectivity index (χ4v) is 2.80. The van der Waals surface area contributed by atoms with Gasteiger partial charge in [0.15, 0.2) is 0 Å². The normalized spacial score (nSPS) is 12.3. The first-order valence-corrected chi connectivity index (χ1v) is 7.39. The van der Waals surface area contributed by atoms with Crippen molar-refractivity contribution < 1.29 is 9.90 Å². The summed E-state index contributed by atoms with van der Waals surface area (Å²) in [7, 11) is 0. The molecule has 0 radical (unpaired) electrons. The Morgan fingerprint density at radius 3 is 2.53 bits per heavy atom. The summed E-state index contributed by atoms with van der Waals surface area (Å²) in [5.74, 6) is -1.00. The van der Waals surface area contributed by atoms with Gasteiger partial charge in [0.1, 0.15) is 0 Å². The molecular weight excluding hydrogens is 256 g/mol. The lowest BCUT2D eigenvalue weighted by Crippen LogP contribution is -2.17. The summed E-state index contributed by atoms with van der Waals surface area (Å²) >= 11 is 1.66. The van der Waals surface area contributed by atoms with Gasteiger partial charge in [0.05, 0.1) is 5.92 Å². The van der Waals surface area contributed by atoms with Crippen LogP contribution in [-0.4, -0.2) is 11.1 Å². The van der Waals surface area contributed by atoms with Gasteiger partial charge >= 0.3 is 5.97 Å². The Hall–Kier alpha value is -1.61. The van der Waals surface area contributed by atoms with Crippen LogP contribution >= 0.6 is 11.3 Å². The highest BCUT2D eigenvalue weighted by atomic mass is 32.1. The minimum Gasteiger partial charge on any atom is -0.481 e. The Labute approximate surface area is 117 Å². The van der Waals surface area contributed by atoms with Crippen LogP contribution in [-0.2, 0) is 17.6 Å². The van der Waals surface area contributed by atoms with Crippen LogP contribution in [0, 0.1) is 12.8 Å². The minimum atomic E-state index is -0.698. The van der Waals surface area contributed by atoms with Crippen molar-refractivity contribution in [2.75, 3.05) is 0 Å². The maximum atomic E-state index is 11.3. The summed E-state index contributed by atoms with van der Waals surface area (Å²) in [5.41, 5.74) is 3.54. The first kappa shape index (κ1) is 13.8. The molecule has 0 saturated heterocycles. The van der Waals surface area contributed by atoms with Crippen LogP contribution in [0.25, 0.3) is 0 Å². The first-order chi connectivity index (χ1) is 9.15. The number of carbonyl (C=O) groups is 1. The largest absolute Gasteiger partial charge is 0.481 e. The topological polar surface area (TPSA) is 37.3 Å². The molecular formula is C16H18O2S. The zero-order valence-corrected chi connectivity index (χ0v) is 11.8. The summed E-state index contributed by atoms with van der Waals surface area (Å²) in [5, 5.41) is 13.4. The van der Waals surface area contributed by atoms with Gasteiger partial charge in [0.25, 0.3) is 0 Å². The van der Waals surface area contributed by atoms with E-state index in [0.29, 0.717) is 12.8 Å². The molecule has 0 amide bonds. The zero-order chi connectivity index (χ0) is 13.7. The predicted molar refractivity (Wildman–Crippen MR) is 78.6 cm³/mol. The van der Waals surface area contributed by atoms with E-state index in [1.54, 1.807) is 11.3 Å². The van der Waals surface area contributed by atoms with Gasteiger partial charge in [-0.2, -0.15) is 11.3 Å². The molecule has 1 atom stereocenters. The molecule has 1 unspecified atom stereocenters. The molecule has 3 heteroatoms. The number of thiophene rings is 1. The van der Waals surface area contributed by atoms with Crippen molar-refractivity contribution in [1.29, 1.82) is 0 Å². The number of benzene rings is 1. The van der Waals surface area contributed by atoms with Gasteiger partial charge in [-0.1, -0.05) is 29.8 Å². The summed E-state index contributed by atoms with van der Waals surface area (Å²) in [6.07, 6.45) is 2.14. The Bertz CT molecular complexity index is 514. The number of carboxylic acid groups (broad SMARTS) is 1. The molecule has 1 N–H and O–H groups in total. The summed E-state index contributed by atoms with van der Waals surface area (Å²) in [6, 6.07) is 10.2. The summed E-state index contributed by atoms with van der Waals surface area (Å²) in [4.78, 5) is 11.3. The van der Waals surface area contributed by atoms with Crippen LogP contribution in [0.4, 0.5) is 0 Å². The van der Waals surface area contributed by atoms with E-state index in [0.717, 1.165) is 12.0 Å². The van der Waals surface area contributed by atoms with Crippen LogP contribution in [0.3, 0.4) is 0 Å². The average molecular weight is 274 g/mol. The van der Waals surface area contributed by atoms with E-state index in [4.69, 9.17) is 0 Å². The Kier molecular flexibility index (Phi) is 4.74. The van der Waals surface area contributed by atoms with Crippen molar-refractivity contribution >= 4 is 17.3 Å². The lowest BCUT2D eigenvalue weighted by Gasteiger charge is -2.12. The summed E-state index contributed by atoms with van der Waals surface area (Å²) in [6.45, 7) is 2.04. The van der Waals surface area contributed by atoms with E-state index < -0.39 is 5.97 Å². The lowest BCUT2D eigenvalue weighted by atomic mass is 9.93. The second kappa shape index (κ2) is 6.53. The van der Waals surface area contributed by atoms with Gasteiger partial charge in [-0.15, -0.1) is 0 Å². The molecule has 2 aromatic rings. The number of carboxylic acids is 1. The SMILES string of the molecule is Cc1ccc(CC(CCc2ccsc2)C(=O)O)cc1. The average Bonchev–Trinajstić information content (AvgIpc) is 2.89. The minimum absolute atomic E-state index is 0.303. The molecule has 0 bridgehead atoms. The molecule has 100 valence electrons. The Morgan fingerprint density at radius 2 is 1.95 bits per heavy atom. The number of hydrogen-bond donors (Lipinski definition) is 1. The van der Waals surface area contributed by atoms with Gasteiger partial charge in [-0.25, -0.2) is 0 Å². The standard InChI is InChI=1S/C16H18O2S/c1-12-2-4-13(5-3-12)10-15(16(17)18)7-6-14-8-9-19-11-14/h2-5,8-9,11,15H,6-7,10H2,1H3,(H,17,18). The van der Waals surface area contributed by atoms with E-state index in [1.807, 2.05) is 36.6 Å². The monoisotopic (exact) mass is 274 g/mol. The van der Waals surface area contributed by atoms with Gasteiger partial charge in [-0.3, -0.25) is 4.79 Å². The summed E-state index contributed by atoms with van der Waals surface area (Å²) < 4.78 is 0. The van der Waals surface area contributed by atoms with Crippen molar-refractivity contribution in [3.05, 3.63) is 57.8 Å². The second-order valence-electron chi connectivity index (χ2n) is 4.90. The van der Waals surface area contributed by atoms with Crippen LogP contribution in [0.5, 0.6) is 0 Å². The smallest absolute Gasteiger partial charge is 0.306 e. The van der Waals surface area contributed by atoms with E-state index in [1.165, 1.54) is 11.1 Å². The molecule has 0 aliphatic carbocycles. The first-order valence-electron chi connectivity index (χ1n) is 6.44. The third-order valence-electron chi connectivity index (χ3n) is 3.31. The van der Waals surface area contributed by atoms with E-state index >= 15 is 0 Å². The molecule has 2 nitrogen and oxygen atoms in total. The molecule has 0 aliphatic heterocycles. The molecule has 2 rings (SSSR count). The molecule has 1 heterocycles. The van der Waals surface area contributed by atoms with Crippen molar-refractivity contribution in [2.45, 2.75) is 26.2 Å². The number of aliphatic carboxylic acids is 1. The fourth-order valence-electron chi connectivity index (χ4n) is 2.10. The van der Waals surface area contributed by atoms with Gasteiger partial charge in [-0.05, 0) is 54.1 Å². The van der Waals surface area contributed by atoms with Crippen molar-refractivity contribution in [3.8, 4) is 0 Å². The maximum Gasteiger partial charge on any atom is 0.306 e. The van der Waals surface area contributed by atoms with Gasteiger partial charge in [0.2, 0.25) is 0 Å². The Balaban J connectivity index is 1.96. The zero-order valence-electron chi connectivity index (χ0n) is 11.0. The van der Waals surface area contributed by atoms with E-state index in [-0.39, 0.29) is 5.92 Å². The Morgan fingerprint density at radius 1 is 1.21 bits per heavy atom. The van der Waals surface area contributed by atoms with Crippen LogP contribution < -0.4 is 0 Å². The molecule has 0 fully saturated rings. The lowest BCUT2D eigenvalue weighted by molar-refractivity contribution is -0.141. The highest BCUT2D eigenvalue weighted by Crippen LogP contribution is 2.17. The van der Waals surface area contributed by atoms with Gasteiger partial charge in [0, 0.05) is 0 Å². The van der Waals surface area contributed by atoms with E-state index in [2.05, 4.69) is 11.4 Å². The third-order valence-corrected chi connectivity index (χ3v) is 4.05. The quantitative estimate of drug-likeness (QED) is 0.866. The molecule has 0 spiro atoms. The molecule has 0 saturated carbocycles. The molecule has 19 heavy (non-hydrogen) atoms. The maximum absolute atomic E-state index is 11.3. The van der Waals surface area contributed by atoms with Crippen molar-refractivity contribution in [1.82, 2.24) is 0 Å². The van der Waals surface area contributed by atoms with E-state index in [9.17, 15) is 9.90 Å². The number of rotatable bonds is 6. The van der Waals surface area contributed by atoms with Crippen LogP contribution in [0.15, 0.2) is 41.1 Å². The third kappa shape index (κ3) is 4.21. The highest BCUT2D eigenvalue weighted by Gasteiger charge is 2.17. The van der Waals surface area contributed by atoms with Crippen molar-refractivity contribution in [3.63, 3.8) is 0 Å². The number of aryl methyl sites for hydroxylation is 2. The number of hydrogen-bond acceptors (Lipinski definition) is 2. The second-order valence-corrected chi connectivity index (χ2v) is 5.68. The molecule has 0 aliphatic rings. The van der Waals surface area contributed by atoms with Crippen LogP contribution in [0.2, 0.25) is 0 Å². The fraction of sp³-hybridized carbons (Fsp3) is 0.312. The van der Waals surface area contributed by atoms with Crippen LogP contribution in [0.1, 0.15) is 23.1 Å². The predicted octanol–water partition coefficient (Wildman–Crippen LogP) is 3.93. The van der Waals surface area contributed by atoms with Gasteiger partial charge < -0.3 is 5.11 Å².